The van der Waals surface area contributed by atoms with Crippen molar-refractivity contribution < 1.29 is 19.4 Å². The van der Waals surface area contributed by atoms with Gasteiger partial charge in [0.05, 0.1) is 6.61 Å². The Labute approximate surface area is 162 Å². The zero-order chi connectivity index (χ0) is 19.8. The van der Waals surface area contributed by atoms with Crippen LogP contribution in [0.3, 0.4) is 0 Å². The van der Waals surface area contributed by atoms with E-state index in [9.17, 15) is 9.59 Å². The molecule has 1 aromatic carbocycles. The molecule has 2 aliphatic carbocycles. The van der Waals surface area contributed by atoms with E-state index in [4.69, 9.17) is 9.84 Å². The Morgan fingerprint density at radius 2 is 2.00 bits per heavy atom. The molecule has 0 radical (unpaired) electrons. The summed E-state index contributed by atoms with van der Waals surface area (Å²) in [6.07, 6.45) is 4.88. The number of ether oxygens (including phenoxy) is 1. The first-order chi connectivity index (χ1) is 12.7. The molecule has 0 spiro atoms. The van der Waals surface area contributed by atoms with E-state index in [1.165, 1.54) is 16.7 Å². The van der Waals surface area contributed by atoms with Crippen molar-refractivity contribution >= 4 is 11.9 Å². The fourth-order valence-corrected chi connectivity index (χ4v) is 5.60. The maximum Gasteiger partial charge on any atom is 0.317 e. The normalized spacial score (nSPS) is 29.7. The topological polar surface area (TPSA) is 63.6 Å². The molecule has 0 saturated heterocycles. The van der Waals surface area contributed by atoms with Crippen molar-refractivity contribution in [2.75, 3.05) is 6.61 Å². The third-order valence-corrected chi connectivity index (χ3v) is 7.03. The number of rotatable bonds is 5. The number of carbonyl (C=O) groups excluding carboxylic acids is 1. The number of aliphatic carboxylic acids is 1. The van der Waals surface area contributed by atoms with Gasteiger partial charge in [0.15, 0.2) is 0 Å². The van der Waals surface area contributed by atoms with E-state index in [0.717, 1.165) is 32.1 Å². The molecule has 0 unspecified atom stereocenters. The van der Waals surface area contributed by atoms with Crippen LogP contribution >= 0.6 is 0 Å². The van der Waals surface area contributed by atoms with Crippen LogP contribution in [0.25, 0.3) is 0 Å². The average Bonchev–Trinajstić information content (AvgIpc) is 2.59. The first kappa shape index (κ1) is 19.9. The molecule has 0 bridgehead atoms. The number of fused-ring (bicyclic) bond motifs is 3. The number of carboxylic acids is 1. The van der Waals surface area contributed by atoms with Crippen LogP contribution < -0.4 is 0 Å². The number of hydrogen-bond acceptors (Lipinski definition) is 3. The maximum atomic E-state index is 11.8. The molecule has 3 rings (SSSR count). The number of hydrogen-bond donors (Lipinski definition) is 1. The smallest absolute Gasteiger partial charge is 0.317 e. The van der Waals surface area contributed by atoms with E-state index in [2.05, 4.69) is 45.9 Å². The highest BCUT2D eigenvalue weighted by Gasteiger charge is 2.52. The zero-order valence-electron chi connectivity index (χ0n) is 17.0. The van der Waals surface area contributed by atoms with Crippen molar-refractivity contribution in [1.29, 1.82) is 0 Å². The average molecular weight is 373 g/mol. The van der Waals surface area contributed by atoms with Crippen LogP contribution in [0.1, 0.15) is 82.4 Å². The predicted octanol–water partition coefficient (Wildman–Crippen LogP) is 4.84. The van der Waals surface area contributed by atoms with Crippen molar-refractivity contribution in [2.45, 2.75) is 77.6 Å². The summed E-state index contributed by atoms with van der Waals surface area (Å²) in [7, 11) is 0. The predicted molar refractivity (Wildman–Crippen MR) is 105 cm³/mol. The highest BCUT2D eigenvalue weighted by molar-refractivity contribution is 5.90. The van der Waals surface area contributed by atoms with E-state index in [-0.39, 0.29) is 10.8 Å². The number of esters is 1. The molecule has 0 aliphatic heterocycles. The van der Waals surface area contributed by atoms with Gasteiger partial charge < -0.3 is 9.84 Å². The van der Waals surface area contributed by atoms with Crippen molar-refractivity contribution in [3.8, 4) is 0 Å². The van der Waals surface area contributed by atoms with Crippen LogP contribution in [-0.4, -0.2) is 23.7 Å². The minimum atomic E-state index is -1.13. The molecular weight excluding hydrogens is 340 g/mol. The third kappa shape index (κ3) is 3.76. The number of aryl methyl sites for hydroxylation is 1. The van der Waals surface area contributed by atoms with Gasteiger partial charge in [0, 0.05) is 5.41 Å². The summed E-state index contributed by atoms with van der Waals surface area (Å²) >= 11 is 0. The van der Waals surface area contributed by atoms with Gasteiger partial charge in [-0.25, -0.2) is 0 Å². The summed E-state index contributed by atoms with van der Waals surface area (Å²) in [5.41, 5.74) is 4.33. The second kappa shape index (κ2) is 7.29. The van der Waals surface area contributed by atoms with Gasteiger partial charge in [0.1, 0.15) is 6.42 Å². The number of benzene rings is 1. The van der Waals surface area contributed by atoms with Crippen LogP contribution in [0.4, 0.5) is 0 Å². The van der Waals surface area contributed by atoms with Gasteiger partial charge in [-0.3, -0.25) is 9.59 Å². The molecule has 1 fully saturated rings. The van der Waals surface area contributed by atoms with Gasteiger partial charge in [-0.2, -0.15) is 0 Å². The minimum absolute atomic E-state index is 0.0926. The fraction of sp³-hybridized carbons (Fsp3) is 0.652. The number of carboxylic acid groups (broad SMARTS) is 1. The highest BCUT2D eigenvalue weighted by atomic mass is 16.5. The largest absolute Gasteiger partial charge is 0.481 e. The Balaban J connectivity index is 1.84. The molecule has 4 nitrogen and oxygen atoms in total. The second-order valence-corrected chi connectivity index (χ2v) is 9.32. The summed E-state index contributed by atoms with van der Waals surface area (Å²) in [6.45, 7) is 9.38. The van der Waals surface area contributed by atoms with Crippen LogP contribution in [0.2, 0.25) is 0 Å². The van der Waals surface area contributed by atoms with Crippen LogP contribution in [0, 0.1) is 11.3 Å². The maximum absolute atomic E-state index is 11.8. The monoisotopic (exact) mass is 372 g/mol. The summed E-state index contributed by atoms with van der Waals surface area (Å²) < 4.78 is 5.41. The SMILES string of the molecule is CC(C)c1ccc2c(c1)CC[C@@H]1[C@@](C)(COC(=O)CC(=O)O)CCC[C@]21C. The van der Waals surface area contributed by atoms with Crippen molar-refractivity contribution in [2.24, 2.45) is 11.3 Å². The Morgan fingerprint density at radius 1 is 1.26 bits per heavy atom. The van der Waals surface area contributed by atoms with E-state index in [1.54, 1.807) is 0 Å². The Hall–Kier alpha value is -1.84. The van der Waals surface area contributed by atoms with Gasteiger partial charge >= 0.3 is 11.9 Å². The molecule has 1 aromatic rings. The standard InChI is InChI=1S/C23H32O4/c1-15(2)16-6-8-18-17(12-16)7-9-19-22(3,10-5-11-23(18,19)4)14-27-21(26)13-20(24)25/h6,8,12,15,19H,5,7,9-11,13-14H2,1-4H3,(H,24,25)/t19-,22-,23-/m1/s1. The van der Waals surface area contributed by atoms with E-state index in [1.807, 2.05) is 0 Å². The summed E-state index contributed by atoms with van der Waals surface area (Å²) in [6, 6.07) is 7.00. The molecule has 0 heterocycles. The Bertz CT molecular complexity index is 738. The molecule has 148 valence electrons. The van der Waals surface area contributed by atoms with Crippen LogP contribution in [0.5, 0.6) is 0 Å². The molecule has 1 saturated carbocycles. The molecule has 4 heteroatoms. The van der Waals surface area contributed by atoms with E-state index < -0.39 is 18.4 Å². The lowest BCUT2D eigenvalue weighted by molar-refractivity contribution is -0.156. The molecule has 1 N–H and O–H groups in total. The first-order valence-corrected chi connectivity index (χ1v) is 10.2. The highest BCUT2D eigenvalue weighted by Crippen LogP contribution is 2.57. The lowest BCUT2D eigenvalue weighted by Gasteiger charge is -2.55. The number of carbonyl (C=O) groups is 2. The second-order valence-electron chi connectivity index (χ2n) is 9.32. The minimum Gasteiger partial charge on any atom is -0.481 e. The van der Waals surface area contributed by atoms with Gasteiger partial charge in [-0.05, 0) is 59.6 Å². The van der Waals surface area contributed by atoms with E-state index >= 15 is 0 Å². The zero-order valence-corrected chi connectivity index (χ0v) is 17.0. The molecule has 0 amide bonds. The molecule has 27 heavy (non-hydrogen) atoms. The van der Waals surface area contributed by atoms with Crippen LogP contribution in [0.15, 0.2) is 18.2 Å². The lowest BCUT2D eigenvalue weighted by Crippen LogP contribution is -2.51. The molecule has 2 aliphatic rings. The first-order valence-electron chi connectivity index (χ1n) is 10.2. The molecule has 3 atom stereocenters. The third-order valence-electron chi connectivity index (χ3n) is 7.03. The van der Waals surface area contributed by atoms with Gasteiger partial charge in [-0.1, -0.05) is 52.3 Å². The summed E-state index contributed by atoms with van der Waals surface area (Å²) in [4.78, 5) is 22.5. The van der Waals surface area contributed by atoms with Crippen molar-refractivity contribution in [3.63, 3.8) is 0 Å². The lowest BCUT2D eigenvalue weighted by atomic mass is 9.50. The molecule has 0 aromatic heterocycles. The quantitative estimate of drug-likeness (QED) is 0.593. The van der Waals surface area contributed by atoms with Gasteiger partial charge in [0.25, 0.3) is 0 Å². The summed E-state index contributed by atoms with van der Waals surface area (Å²) in [5.74, 6) is -0.792. The Kier molecular flexibility index (Phi) is 5.38. The van der Waals surface area contributed by atoms with E-state index in [0.29, 0.717) is 18.4 Å². The van der Waals surface area contributed by atoms with Crippen LogP contribution in [-0.2, 0) is 26.2 Å². The van der Waals surface area contributed by atoms with Crippen molar-refractivity contribution in [3.05, 3.63) is 34.9 Å². The summed E-state index contributed by atoms with van der Waals surface area (Å²) in [5, 5.41) is 8.78. The van der Waals surface area contributed by atoms with Gasteiger partial charge in [-0.15, -0.1) is 0 Å². The van der Waals surface area contributed by atoms with Gasteiger partial charge in [0.2, 0.25) is 0 Å². The van der Waals surface area contributed by atoms with Crippen molar-refractivity contribution in [1.82, 2.24) is 0 Å². The molecular formula is C23H32O4. The fourth-order valence-electron chi connectivity index (χ4n) is 5.60. The Morgan fingerprint density at radius 3 is 2.67 bits per heavy atom.